The molecule has 13 heavy (non-hydrogen) atoms. The van der Waals surface area contributed by atoms with Gasteiger partial charge in [-0.2, -0.15) is 0 Å². The van der Waals surface area contributed by atoms with E-state index < -0.39 is 0 Å². The molecule has 1 heterocycles. The van der Waals surface area contributed by atoms with E-state index in [2.05, 4.69) is 19.2 Å². The van der Waals surface area contributed by atoms with Crippen molar-refractivity contribution in [3.63, 3.8) is 0 Å². The van der Waals surface area contributed by atoms with Gasteiger partial charge in [0.15, 0.2) is 0 Å². The number of hydrogen-bond donors (Lipinski definition) is 1. The third kappa shape index (κ3) is 2.83. The summed E-state index contributed by atoms with van der Waals surface area (Å²) in [5.74, 6) is 0.537. The summed E-state index contributed by atoms with van der Waals surface area (Å²) in [6.45, 7) is 4.25. The molecule has 1 fully saturated rings. The van der Waals surface area contributed by atoms with E-state index in [9.17, 15) is 9.59 Å². The lowest BCUT2D eigenvalue weighted by atomic mass is 9.83. The van der Waals surface area contributed by atoms with Crippen molar-refractivity contribution in [2.24, 2.45) is 11.8 Å². The summed E-state index contributed by atoms with van der Waals surface area (Å²) in [6, 6.07) is 0. The van der Waals surface area contributed by atoms with Gasteiger partial charge in [0.05, 0.1) is 0 Å². The van der Waals surface area contributed by atoms with Gasteiger partial charge >= 0.3 is 0 Å². The van der Waals surface area contributed by atoms with E-state index in [4.69, 9.17) is 0 Å². The van der Waals surface area contributed by atoms with Crippen LogP contribution in [0.4, 0.5) is 0 Å². The van der Waals surface area contributed by atoms with E-state index in [1.165, 1.54) is 0 Å². The van der Waals surface area contributed by atoms with Crippen molar-refractivity contribution < 1.29 is 9.59 Å². The second-order valence-corrected chi connectivity index (χ2v) is 3.91. The van der Waals surface area contributed by atoms with Crippen LogP contribution in [0.15, 0.2) is 0 Å². The number of piperidine rings is 1. The standard InChI is InChI=1S/C10H17NO2/c1-3-4-7(2)8-5-9(12)11-10(13)6-8/h7-8H,3-6H2,1-2H3,(H,11,12,13). The predicted molar refractivity (Wildman–Crippen MR) is 49.9 cm³/mol. The molecule has 0 aliphatic carbocycles. The predicted octanol–water partition coefficient (Wildman–Crippen LogP) is 1.48. The van der Waals surface area contributed by atoms with E-state index in [0.717, 1.165) is 12.8 Å². The fourth-order valence-electron chi connectivity index (χ4n) is 1.90. The molecule has 0 aromatic rings. The molecule has 1 saturated heterocycles. The van der Waals surface area contributed by atoms with Crippen molar-refractivity contribution >= 4 is 11.8 Å². The van der Waals surface area contributed by atoms with E-state index >= 15 is 0 Å². The van der Waals surface area contributed by atoms with Crippen molar-refractivity contribution in [3.8, 4) is 0 Å². The second kappa shape index (κ2) is 4.40. The number of carbonyl (C=O) groups is 2. The summed E-state index contributed by atoms with van der Waals surface area (Å²) in [5, 5.41) is 2.33. The zero-order valence-electron chi connectivity index (χ0n) is 8.30. The lowest BCUT2D eigenvalue weighted by molar-refractivity contribution is -0.135. The highest BCUT2D eigenvalue weighted by atomic mass is 16.2. The molecule has 0 radical (unpaired) electrons. The summed E-state index contributed by atoms with van der Waals surface area (Å²) in [6.07, 6.45) is 3.26. The number of rotatable bonds is 3. The first kappa shape index (κ1) is 10.2. The normalized spacial score (nSPS) is 21.4. The van der Waals surface area contributed by atoms with Crippen LogP contribution in [0, 0.1) is 11.8 Å². The maximum atomic E-state index is 11.1. The van der Waals surface area contributed by atoms with Crippen molar-refractivity contribution in [1.29, 1.82) is 0 Å². The Hall–Kier alpha value is -0.860. The molecule has 0 bridgehead atoms. The Morgan fingerprint density at radius 1 is 1.38 bits per heavy atom. The molecule has 1 aliphatic heterocycles. The number of nitrogens with one attached hydrogen (secondary N) is 1. The summed E-state index contributed by atoms with van der Waals surface area (Å²) >= 11 is 0. The minimum absolute atomic E-state index is 0.107. The van der Waals surface area contributed by atoms with Crippen LogP contribution in [0.1, 0.15) is 39.5 Å². The lowest BCUT2D eigenvalue weighted by Crippen LogP contribution is -2.40. The summed E-state index contributed by atoms with van der Waals surface area (Å²) in [5.41, 5.74) is 0. The SMILES string of the molecule is CCCC(C)C1CC(=O)NC(=O)C1. The van der Waals surface area contributed by atoms with E-state index in [-0.39, 0.29) is 17.7 Å². The third-order valence-corrected chi connectivity index (χ3v) is 2.72. The zero-order valence-corrected chi connectivity index (χ0v) is 8.30. The Bertz CT molecular complexity index is 197. The van der Waals surface area contributed by atoms with E-state index in [0.29, 0.717) is 18.8 Å². The molecule has 1 aliphatic rings. The lowest BCUT2D eigenvalue weighted by Gasteiger charge is -2.26. The highest BCUT2D eigenvalue weighted by Crippen LogP contribution is 2.25. The van der Waals surface area contributed by atoms with Crippen LogP contribution < -0.4 is 5.32 Å². The van der Waals surface area contributed by atoms with Gasteiger partial charge in [0.1, 0.15) is 0 Å². The van der Waals surface area contributed by atoms with Crippen LogP contribution in [0.3, 0.4) is 0 Å². The average Bonchev–Trinajstić information content (AvgIpc) is 2.03. The van der Waals surface area contributed by atoms with E-state index in [1.807, 2.05) is 0 Å². The van der Waals surface area contributed by atoms with Crippen molar-refractivity contribution in [1.82, 2.24) is 5.32 Å². The molecule has 1 unspecified atom stereocenters. The quantitative estimate of drug-likeness (QED) is 0.673. The van der Waals surface area contributed by atoms with Gasteiger partial charge in [0.2, 0.25) is 11.8 Å². The molecule has 3 heteroatoms. The van der Waals surface area contributed by atoms with Crippen LogP contribution >= 0.6 is 0 Å². The number of hydrogen-bond acceptors (Lipinski definition) is 2. The molecule has 0 aromatic carbocycles. The first-order valence-electron chi connectivity index (χ1n) is 4.96. The Labute approximate surface area is 78.9 Å². The molecular formula is C10H17NO2. The van der Waals surface area contributed by atoms with Crippen molar-refractivity contribution in [2.45, 2.75) is 39.5 Å². The molecule has 2 amide bonds. The Kier molecular flexibility index (Phi) is 3.46. The fraction of sp³-hybridized carbons (Fsp3) is 0.800. The van der Waals surface area contributed by atoms with Crippen LogP contribution in [-0.2, 0) is 9.59 Å². The van der Waals surface area contributed by atoms with Crippen LogP contribution in [0.5, 0.6) is 0 Å². The Morgan fingerprint density at radius 3 is 2.38 bits per heavy atom. The minimum Gasteiger partial charge on any atom is -0.296 e. The monoisotopic (exact) mass is 183 g/mol. The smallest absolute Gasteiger partial charge is 0.226 e. The summed E-state index contributed by atoms with van der Waals surface area (Å²) in [4.78, 5) is 22.1. The number of imide groups is 1. The van der Waals surface area contributed by atoms with Crippen LogP contribution in [-0.4, -0.2) is 11.8 Å². The third-order valence-electron chi connectivity index (χ3n) is 2.72. The molecule has 0 spiro atoms. The molecule has 0 saturated carbocycles. The first-order valence-corrected chi connectivity index (χ1v) is 4.96. The summed E-state index contributed by atoms with van der Waals surface area (Å²) < 4.78 is 0. The van der Waals surface area contributed by atoms with Crippen molar-refractivity contribution in [3.05, 3.63) is 0 Å². The van der Waals surface area contributed by atoms with Gasteiger partial charge in [-0.1, -0.05) is 26.7 Å². The Balaban J connectivity index is 2.49. The maximum absolute atomic E-state index is 11.1. The molecule has 1 N–H and O–H groups in total. The maximum Gasteiger partial charge on any atom is 0.226 e. The first-order chi connectivity index (χ1) is 6.13. The highest BCUT2D eigenvalue weighted by molar-refractivity contribution is 5.97. The van der Waals surface area contributed by atoms with Gasteiger partial charge in [-0.3, -0.25) is 14.9 Å². The van der Waals surface area contributed by atoms with Gasteiger partial charge in [0, 0.05) is 12.8 Å². The van der Waals surface area contributed by atoms with Gasteiger partial charge in [-0.25, -0.2) is 0 Å². The Morgan fingerprint density at radius 2 is 1.92 bits per heavy atom. The van der Waals surface area contributed by atoms with Gasteiger partial charge in [-0.05, 0) is 11.8 Å². The number of amides is 2. The fourth-order valence-corrected chi connectivity index (χ4v) is 1.90. The van der Waals surface area contributed by atoms with E-state index in [1.54, 1.807) is 0 Å². The molecule has 0 aromatic heterocycles. The largest absolute Gasteiger partial charge is 0.296 e. The van der Waals surface area contributed by atoms with Crippen LogP contribution in [0.25, 0.3) is 0 Å². The zero-order chi connectivity index (χ0) is 9.84. The van der Waals surface area contributed by atoms with Gasteiger partial charge in [-0.15, -0.1) is 0 Å². The summed E-state index contributed by atoms with van der Waals surface area (Å²) in [7, 11) is 0. The van der Waals surface area contributed by atoms with Crippen molar-refractivity contribution in [2.75, 3.05) is 0 Å². The number of carbonyl (C=O) groups excluding carboxylic acids is 2. The molecule has 3 nitrogen and oxygen atoms in total. The topological polar surface area (TPSA) is 46.2 Å². The molecular weight excluding hydrogens is 166 g/mol. The second-order valence-electron chi connectivity index (χ2n) is 3.91. The minimum atomic E-state index is -0.107. The van der Waals surface area contributed by atoms with Crippen LogP contribution in [0.2, 0.25) is 0 Å². The van der Waals surface area contributed by atoms with Gasteiger partial charge in [0.25, 0.3) is 0 Å². The van der Waals surface area contributed by atoms with Gasteiger partial charge < -0.3 is 0 Å². The molecule has 1 atom stereocenters. The average molecular weight is 183 g/mol. The molecule has 74 valence electrons. The highest BCUT2D eigenvalue weighted by Gasteiger charge is 2.28. The molecule has 1 rings (SSSR count).